The highest BCUT2D eigenvalue weighted by atomic mass is 35.5. The quantitative estimate of drug-likeness (QED) is 0.116. The zero-order valence-electron chi connectivity index (χ0n) is 13.0. The number of primary amides is 1. The van der Waals surface area contributed by atoms with Crippen LogP contribution in [0.15, 0.2) is 26.3 Å². The van der Waals surface area contributed by atoms with Crippen molar-refractivity contribution < 1.29 is 22.7 Å². The minimum absolute atomic E-state index is 0.0663. The number of hydrazine groups is 1. The van der Waals surface area contributed by atoms with Gasteiger partial charge in [-0.05, 0) is 19.1 Å². The molecular weight excluding hydrogens is 394 g/mol. The molecule has 0 heterocycles. The van der Waals surface area contributed by atoms with Gasteiger partial charge in [0.05, 0.1) is 22.9 Å². The van der Waals surface area contributed by atoms with Crippen LogP contribution in [0.25, 0.3) is 0 Å². The van der Waals surface area contributed by atoms with Crippen molar-refractivity contribution >= 4 is 51.2 Å². The van der Waals surface area contributed by atoms with Crippen LogP contribution in [0.2, 0.25) is 5.02 Å². The van der Waals surface area contributed by atoms with Crippen LogP contribution in [0, 0.1) is 0 Å². The Bertz CT molecular complexity index is 812. The molecule has 0 saturated heterocycles. The van der Waals surface area contributed by atoms with Crippen LogP contribution in [0.1, 0.15) is 17.3 Å². The van der Waals surface area contributed by atoms with Gasteiger partial charge in [-0.25, -0.2) is 5.84 Å². The average molecular weight is 410 g/mol. The van der Waals surface area contributed by atoms with Gasteiger partial charge in [0.25, 0.3) is 10.0 Å². The monoisotopic (exact) mass is 409 g/mol. The molecule has 0 aliphatic heterocycles. The molecule has 0 aliphatic rings. The van der Waals surface area contributed by atoms with Crippen molar-refractivity contribution in [1.82, 2.24) is 5.43 Å². The molecule has 7 N–H and O–H groups in total. The highest BCUT2D eigenvalue weighted by Gasteiger charge is 2.23. The second kappa shape index (κ2) is 8.89. The lowest BCUT2D eigenvalue weighted by atomic mass is 10.2. The molecule has 0 saturated carbocycles. The van der Waals surface area contributed by atoms with Gasteiger partial charge in [-0.3, -0.25) is 15.0 Å². The number of carbonyl (C=O) groups is 2. The van der Waals surface area contributed by atoms with E-state index in [0.29, 0.717) is 0 Å². The number of nitrogens with zero attached hydrogens (tertiary/aromatic N) is 1. The van der Waals surface area contributed by atoms with Crippen LogP contribution in [0.5, 0.6) is 0 Å². The number of nitrogens with one attached hydrogen (secondary N) is 1. The number of rotatable bonds is 7. The predicted octanol–water partition coefficient (Wildman–Crippen LogP) is -0.439. The third-order valence-corrected chi connectivity index (χ3v) is 5.40. The van der Waals surface area contributed by atoms with E-state index in [1.807, 2.05) is 5.43 Å². The second-order valence-corrected chi connectivity index (χ2v) is 7.33. The normalized spacial score (nSPS) is 11.9. The van der Waals surface area contributed by atoms with Gasteiger partial charge in [0.2, 0.25) is 11.9 Å². The number of sulfonamides is 1. The zero-order chi connectivity index (χ0) is 19.2. The SMILES string of the molecule is CCOC(=O)CSc1cc(Cl)c(C(N)=O)cc1S(=O)(=O)/N=C(\N)NN. The largest absolute Gasteiger partial charge is 0.465 e. The molecule has 0 fully saturated rings. The van der Waals surface area contributed by atoms with Crippen molar-refractivity contribution in [1.29, 1.82) is 0 Å². The Morgan fingerprint density at radius 3 is 2.52 bits per heavy atom. The average Bonchev–Trinajstić information content (AvgIpc) is 2.52. The van der Waals surface area contributed by atoms with Gasteiger partial charge < -0.3 is 16.2 Å². The van der Waals surface area contributed by atoms with Crippen molar-refractivity contribution in [3.8, 4) is 0 Å². The lowest BCUT2D eigenvalue weighted by Gasteiger charge is -2.11. The van der Waals surface area contributed by atoms with Gasteiger partial charge in [-0.15, -0.1) is 16.2 Å². The Kier molecular flexibility index (Phi) is 7.48. The topological polar surface area (TPSA) is 180 Å². The second-order valence-electron chi connectivity index (χ2n) is 4.33. The van der Waals surface area contributed by atoms with Crippen LogP contribution < -0.4 is 22.7 Å². The number of nitrogens with two attached hydrogens (primary N) is 3. The minimum atomic E-state index is -4.35. The van der Waals surface area contributed by atoms with E-state index >= 15 is 0 Å². The van der Waals surface area contributed by atoms with E-state index in [0.717, 1.165) is 17.8 Å². The Balaban J connectivity index is 3.42. The molecule has 1 aromatic rings. The first kappa shape index (κ1) is 21.0. The predicted molar refractivity (Wildman–Crippen MR) is 93.5 cm³/mol. The highest BCUT2D eigenvalue weighted by Crippen LogP contribution is 2.33. The molecule has 0 bridgehead atoms. The van der Waals surface area contributed by atoms with Gasteiger partial charge >= 0.3 is 5.97 Å². The lowest BCUT2D eigenvalue weighted by molar-refractivity contribution is -0.139. The maximum Gasteiger partial charge on any atom is 0.316 e. The molecule has 0 spiro atoms. The van der Waals surface area contributed by atoms with Crippen molar-refractivity contribution in [2.75, 3.05) is 12.4 Å². The molecule has 10 nitrogen and oxygen atoms in total. The number of thioether (sulfide) groups is 1. The number of hydrogen-bond acceptors (Lipinski definition) is 7. The van der Waals surface area contributed by atoms with Crippen LogP contribution >= 0.6 is 23.4 Å². The number of halogens is 1. The summed E-state index contributed by atoms with van der Waals surface area (Å²) in [6.07, 6.45) is 0. The van der Waals surface area contributed by atoms with Gasteiger partial charge in [-0.1, -0.05) is 11.6 Å². The van der Waals surface area contributed by atoms with E-state index in [1.165, 1.54) is 6.07 Å². The first-order valence-electron chi connectivity index (χ1n) is 6.61. The van der Waals surface area contributed by atoms with E-state index in [-0.39, 0.29) is 27.8 Å². The van der Waals surface area contributed by atoms with Crippen molar-refractivity contribution in [3.05, 3.63) is 22.7 Å². The first-order valence-corrected chi connectivity index (χ1v) is 9.41. The molecule has 138 valence electrons. The number of carbonyl (C=O) groups excluding carboxylic acids is 2. The molecule has 0 radical (unpaired) electrons. The Morgan fingerprint density at radius 2 is 2.00 bits per heavy atom. The third-order valence-electron chi connectivity index (χ3n) is 2.59. The molecule has 1 rings (SSSR count). The fourth-order valence-electron chi connectivity index (χ4n) is 1.58. The summed E-state index contributed by atoms with van der Waals surface area (Å²) in [7, 11) is -4.35. The fraction of sp³-hybridized carbons (Fsp3) is 0.250. The molecular formula is C12H16ClN5O5S2. The molecule has 0 aliphatic carbocycles. The Labute approximate surface area is 153 Å². The Morgan fingerprint density at radius 1 is 1.36 bits per heavy atom. The van der Waals surface area contributed by atoms with Crippen molar-refractivity contribution in [3.63, 3.8) is 0 Å². The summed E-state index contributed by atoms with van der Waals surface area (Å²) >= 11 is 6.78. The van der Waals surface area contributed by atoms with E-state index in [9.17, 15) is 18.0 Å². The summed E-state index contributed by atoms with van der Waals surface area (Å²) in [5, 5.41) is -0.0771. The number of hydrogen-bond donors (Lipinski definition) is 4. The summed E-state index contributed by atoms with van der Waals surface area (Å²) in [4.78, 5) is 22.6. The van der Waals surface area contributed by atoms with Crippen LogP contribution in [-0.2, 0) is 19.6 Å². The summed E-state index contributed by atoms with van der Waals surface area (Å²) in [6, 6.07) is 2.15. The molecule has 13 heteroatoms. The van der Waals surface area contributed by atoms with E-state index < -0.39 is 32.8 Å². The molecule has 25 heavy (non-hydrogen) atoms. The minimum Gasteiger partial charge on any atom is -0.465 e. The summed E-state index contributed by atoms with van der Waals surface area (Å²) < 4.78 is 32.8. The maximum absolute atomic E-state index is 12.4. The molecule has 0 aromatic heterocycles. The van der Waals surface area contributed by atoms with Gasteiger partial charge in [0, 0.05) is 4.90 Å². The molecule has 1 amide bonds. The highest BCUT2D eigenvalue weighted by molar-refractivity contribution is 8.00. The summed E-state index contributed by atoms with van der Waals surface area (Å²) in [6.45, 7) is 1.81. The fourth-order valence-corrected chi connectivity index (χ4v) is 4.15. The van der Waals surface area contributed by atoms with Crippen LogP contribution in [0.4, 0.5) is 0 Å². The molecule has 1 aromatic carbocycles. The molecule has 0 unspecified atom stereocenters. The van der Waals surface area contributed by atoms with Gasteiger partial charge in [0.15, 0.2) is 0 Å². The molecule has 0 atom stereocenters. The van der Waals surface area contributed by atoms with E-state index in [1.54, 1.807) is 6.92 Å². The van der Waals surface area contributed by atoms with Gasteiger partial charge in [0.1, 0.15) is 4.90 Å². The number of ether oxygens (including phenoxy) is 1. The summed E-state index contributed by atoms with van der Waals surface area (Å²) in [5.74, 6) is 2.75. The van der Waals surface area contributed by atoms with E-state index in [2.05, 4.69) is 4.40 Å². The smallest absolute Gasteiger partial charge is 0.316 e. The van der Waals surface area contributed by atoms with Crippen LogP contribution in [-0.4, -0.2) is 38.6 Å². The van der Waals surface area contributed by atoms with Crippen LogP contribution in [0.3, 0.4) is 0 Å². The first-order chi connectivity index (χ1) is 11.6. The summed E-state index contributed by atoms with van der Waals surface area (Å²) in [5.41, 5.74) is 12.1. The van der Waals surface area contributed by atoms with Crippen molar-refractivity contribution in [2.45, 2.75) is 16.7 Å². The number of guanidine groups is 1. The lowest BCUT2D eigenvalue weighted by Crippen LogP contribution is -2.37. The van der Waals surface area contributed by atoms with E-state index in [4.69, 9.17) is 33.6 Å². The number of amides is 1. The number of esters is 1. The maximum atomic E-state index is 12.4. The number of benzene rings is 1. The zero-order valence-corrected chi connectivity index (χ0v) is 15.4. The standard InChI is InChI=1S/C12H16ClN5O5S2/c1-2-23-10(19)5-24-8-4-7(13)6(11(14)20)3-9(8)25(21,22)18-12(15)17-16/h3-4H,2,5,16H2,1H3,(H2,14,20)(H3,15,17,18). The Hall–Kier alpha value is -2.02. The van der Waals surface area contributed by atoms with Gasteiger partial charge in [-0.2, -0.15) is 8.42 Å². The van der Waals surface area contributed by atoms with Crippen molar-refractivity contribution in [2.24, 2.45) is 21.7 Å². The third kappa shape index (κ3) is 5.77.